The molecule has 1 aliphatic rings. The van der Waals surface area contributed by atoms with Gasteiger partial charge in [-0.2, -0.15) is 4.98 Å². The molecule has 0 amide bonds. The second-order valence-corrected chi connectivity index (χ2v) is 5.46. The molecule has 5 nitrogen and oxygen atoms in total. The maximum atomic E-state index is 5.25. The second kappa shape index (κ2) is 7.11. The minimum Gasteiger partial charge on any atom is -0.497 e. The maximum absolute atomic E-state index is 5.25. The van der Waals surface area contributed by atoms with Crippen LogP contribution >= 0.6 is 0 Å². The van der Waals surface area contributed by atoms with Gasteiger partial charge in [-0.25, -0.2) is 4.98 Å². The van der Waals surface area contributed by atoms with Crippen LogP contribution in [-0.4, -0.2) is 36.7 Å². The SMILES string of the molecule is COc1cccc(CCNc2ccnc(N3CCCC3)n2)c1. The predicted octanol–water partition coefficient (Wildman–Crippen LogP) is 2.74. The van der Waals surface area contributed by atoms with E-state index in [1.807, 2.05) is 24.4 Å². The third kappa shape index (κ3) is 3.67. The highest BCUT2D eigenvalue weighted by Gasteiger charge is 2.14. The molecule has 0 atom stereocenters. The van der Waals surface area contributed by atoms with E-state index in [-0.39, 0.29) is 0 Å². The smallest absolute Gasteiger partial charge is 0.227 e. The van der Waals surface area contributed by atoms with Crippen molar-refractivity contribution >= 4 is 11.8 Å². The number of nitrogens with zero attached hydrogens (tertiary/aromatic N) is 3. The van der Waals surface area contributed by atoms with E-state index in [9.17, 15) is 0 Å². The van der Waals surface area contributed by atoms with E-state index in [4.69, 9.17) is 4.74 Å². The van der Waals surface area contributed by atoms with Crippen LogP contribution in [0, 0.1) is 0 Å². The van der Waals surface area contributed by atoms with E-state index in [0.29, 0.717) is 0 Å². The number of rotatable bonds is 6. The number of hydrogen-bond acceptors (Lipinski definition) is 5. The number of benzene rings is 1. The molecule has 2 aromatic rings. The molecule has 22 heavy (non-hydrogen) atoms. The standard InChI is InChI=1S/C17H22N4O/c1-22-15-6-4-5-14(13-15)7-9-18-16-8-10-19-17(20-16)21-11-2-3-12-21/h4-6,8,10,13H,2-3,7,9,11-12H2,1H3,(H,18,19,20). The Morgan fingerprint density at radius 1 is 1.23 bits per heavy atom. The number of nitrogens with one attached hydrogen (secondary N) is 1. The number of methoxy groups -OCH3 is 1. The summed E-state index contributed by atoms with van der Waals surface area (Å²) in [5, 5.41) is 3.38. The van der Waals surface area contributed by atoms with E-state index in [0.717, 1.165) is 43.6 Å². The van der Waals surface area contributed by atoms with E-state index >= 15 is 0 Å². The van der Waals surface area contributed by atoms with E-state index in [2.05, 4.69) is 32.3 Å². The molecule has 0 bridgehead atoms. The molecule has 0 spiro atoms. The van der Waals surface area contributed by atoms with Crippen molar-refractivity contribution in [1.82, 2.24) is 9.97 Å². The van der Waals surface area contributed by atoms with Crippen LogP contribution in [0.4, 0.5) is 11.8 Å². The summed E-state index contributed by atoms with van der Waals surface area (Å²) in [6, 6.07) is 10.1. The molecule has 1 N–H and O–H groups in total. The lowest BCUT2D eigenvalue weighted by atomic mass is 10.1. The van der Waals surface area contributed by atoms with Gasteiger partial charge in [0.05, 0.1) is 7.11 Å². The molecule has 1 aromatic carbocycles. The topological polar surface area (TPSA) is 50.3 Å². The van der Waals surface area contributed by atoms with Gasteiger partial charge in [0.25, 0.3) is 0 Å². The zero-order chi connectivity index (χ0) is 15.2. The van der Waals surface area contributed by atoms with Gasteiger partial charge in [-0.15, -0.1) is 0 Å². The Hall–Kier alpha value is -2.30. The Morgan fingerprint density at radius 3 is 2.91 bits per heavy atom. The Morgan fingerprint density at radius 2 is 2.09 bits per heavy atom. The van der Waals surface area contributed by atoms with Crippen LogP contribution in [-0.2, 0) is 6.42 Å². The monoisotopic (exact) mass is 298 g/mol. The van der Waals surface area contributed by atoms with E-state index in [1.165, 1.54) is 18.4 Å². The van der Waals surface area contributed by atoms with Gasteiger partial charge in [-0.3, -0.25) is 0 Å². The lowest BCUT2D eigenvalue weighted by Crippen LogP contribution is -2.20. The summed E-state index contributed by atoms with van der Waals surface area (Å²) in [5.41, 5.74) is 1.25. The van der Waals surface area contributed by atoms with Crippen molar-refractivity contribution in [2.45, 2.75) is 19.3 Å². The first-order valence-electron chi connectivity index (χ1n) is 7.80. The van der Waals surface area contributed by atoms with Crippen LogP contribution in [0.2, 0.25) is 0 Å². The average molecular weight is 298 g/mol. The third-order valence-corrected chi connectivity index (χ3v) is 3.89. The summed E-state index contributed by atoms with van der Waals surface area (Å²) in [6.07, 6.45) is 5.22. The van der Waals surface area contributed by atoms with Crippen LogP contribution in [0.25, 0.3) is 0 Å². The molecule has 1 aromatic heterocycles. The van der Waals surface area contributed by atoms with Crippen LogP contribution in [0.1, 0.15) is 18.4 Å². The first kappa shape index (κ1) is 14.6. The zero-order valence-electron chi connectivity index (χ0n) is 13.0. The van der Waals surface area contributed by atoms with E-state index in [1.54, 1.807) is 7.11 Å². The quantitative estimate of drug-likeness (QED) is 0.888. The number of ether oxygens (including phenoxy) is 1. The lowest BCUT2D eigenvalue weighted by molar-refractivity contribution is 0.414. The van der Waals surface area contributed by atoms with Crippen molar-refractivity contribution in [1.29, 1.82) is 0 Å². The summed E-state index contributed by atoms with van der Waals surface area (Å²) in [6.45, 7) is 2.96. The van der Waals surface area contributed by atoms with Gasteiger partial charge in [-0.1, -0.05) is 12.1 Å². The summed E-state index contributed by atoms with van der Waals surface area (Å²) in [5.74, 6) is 2.62. The lowest BCUT2D eigenvalue weighted by Gasteiger charge is -2.15. The fraction of sp³-hybridized carbons (Fsp3) is 0.412. The molecule has 1 fully saturated rings. The van der Waals surface area contributed by atoms with Gasteiger partial charge in [0, 0.05) is 25.8 Å². The maximum Gasteiger partial charge on any atom is 0.227 e. The molecule has 0 radical (unpaired) electrons. The molecule has 0 saturated carbocycles. The molecule has 0 aliphatic carbocycles. The number of hydrogen-bond donors (Lipinski definition) is 1. The minimum absolute atomic E-state index is 0.837. The Balaban J connectivity index is 1.55. The van der Waals surface area contributed by atoms with Crippen molar-refractivity contribution in [2.24, 2.45) is 0 Å². The molecule has 5 heteroatoms. The van der Waals surface area contributed by atoms with Gasteiger partial charge in [0.2, 0.25) is 5.95 Å². The summed E-state index contributed by atoms with van der Waals surface area (Å²) in [4.78, 5) is 11.2. The van der Waals surface area contributed by atoms with Crippen molar-refractivity contribution in [2.75, 3.05) is 37.0 Å². The fourth-order valence-electron chi connectivity index (χ4n) is 2.68. The van der Waals surface area contributed by atoms with E-state index < -0.39 is 0 Å². The normalized spacial score (nSPS) is 14.1. The molecular formula is C17H22N4O. The molecular weight excluding hydrogens is 276 g/mol. The molecule has 1 saturated heterocycles. The largest absolute Gasteiger partial charge is 0.497 e. The van der Waals surface area contributed by atoms with Gasteiger partial charge >= 0.3 is 0 Å². The molecule has 1 aliphatic heterocycles. The Kier molecular flexibility index (Phi) is 4.73. The van der Waals surface area contributed by atoms with Gasteiger partial charge in [-0.05, 0) is 43.0 Å². The fourth-order valence-corrected chi connectivity index (χ4v) is 2.68. The minimum atomic E-state index is 0.837. The highest BCUT2D eigenvalue weighted by Crippen LogP contribution is 2.17. The first-order valence-corrected chi connectivity index (χ1v) is 7.80. The van der Waals surface area contributed by atoms with Crippen molar-refractivity contribution < 1.29 is 4.74 Å². The zero-order valence-corrected chi connectivity index (χ0v) is 13.0. The molecule has 0 unspecified atom stereocenters. The van der Waals surface area contributed by atoms with Crippen molar-refractivity contribution in [3.63, 3.8) is 0 Å². The highest BCUT2D eigenvalue weighted by atomic mass is 16.5. The predicted molar refractivity (Wildman–Crippen MR) is 88.7 cm³/mol. The second-order valence-electron chi connectivity index (χ2n) is 5.46. The first-order chi connectivity index (χ1) is 10.8. The van der Waals surface area contributed by atoms with Gasteiger partial charge in [0.15, 0.2) is 0 Å². The highest BCUT2D eigenvalue weighted by molar-refractivity contribution is 5.42. The van der Waals surface area contributed by atoms with Crippen LogP contribution in [0.3, 0.4) is 0 Å². The van der Waals surface area contributed by atoms with Gasteiger partial charge in [0.1, 0.15) is 11.6 Å². The average Bonchev–Trinajstić information content (AvgIpc) is 3.10. The van der Waals surface area contributed by atoms with Gasteiger partial charge < -0.3 is 15.0 Å². The van der Waals surface area contributed by atoms with Crippen molar-refractivity contribution in [3.05, 3.63) is 42.1 Å². The number of anilines is 2. The summed E-state index contributed by atoms with van der Waals surface area (Å²) < 4.78 is 5.25. The summed E-state index contributed by atoms with van der Waals surface area (Å²) in [7, 11) is 1.69. The Labute approximate surface area is 131 Å². The van der Waals surface area contributed by atoms with Crippen LogP contribution in [0.15, 0.2) is 36.5 Å². The van der Waals surface area contributed by atoms with Crippen LogP contribution < -0.4 is 15.0 Å². The van der Waals surface area contributed by atoms with Crippen LogP contribution in [0.5, 0.6) is 5.75 Å². The molecule has 2 heterocycles. The summed E-state index contributed by atoms with van der Waals surface area (Å²) >= 11 is 0. The molecule has 3 rings (SSSR count). The Bertz CT molecular complexity index is 611. The number of aromatic nitrogens is 2. The van der Waals surface area contributed by atoms with Crippen molar-refractivity contribution in [3.8, 4) is 5.75 Å². The third-order valence-electron chi connectivity index (χ3n) is 3.89. The molecule has 116 valence electrons.